The van der Waals surface area contributed by atoms with Gasteiger partial charge in [0.05, 0.1) is 11.7 Å². The highest BCUT2D eigenvalue weighted by atomic mass is 19.1. The molecular weight excluding hydrogens is 251 g/mol. The van der Waals surface area contributed by atoms with Gasteiger partial charge in [0.1, 0.15) is 5.82 Å². The lowest BCUT2D eigenvalue weighted by Gasteiger charge is -2.19. The van der Waals surface area contributed by atoms with Crippen LogP contribution in [0.2, 0.25) is 0 Å². The smallest absolute Gasteiger partial charge is 0.123 e. The Bertz CT molecular complexity index is 540. The van der Waals surface area contributed by atoms with Crippen LogP contribution in [-0.4, -0.2) is 11.5 Å². The van der Waals surface area contributed by atoms with Gasteiger partial charge in [-0.05, 0) is 61.7 Å². The highest BCUT2D eigenvalue weighted by molar-refractivity contribution is 5.28. The number of nitrogens with zero attached hydrogens (tertiary/aromatic N) is 1. The molecule has 1 atom stereocenters. The van der Waals surface area contributed by atoms with Crippen LogP contribution in [0.5, 0.6) is 0 Å². The van der Waals surface area contributed by atoms with Crippen molar-refractivity contribution < 1.29 is 4.39 Å². The number of pyridine rings is 1. The minimum atomic E-state index is -0.180. The topological polar surface area (TPSA) is 24.9 Å². The summed E-state index contributed by atoms with van der Waals surface area (Å²) in [6.07, 6.45) is 3.61. The van der Waals surface area contributed by atoms with E-state index < -0.39 is 0 Å². The summed E-state index contributed by atoms with van der Waals surface area (Å²) in [5.41, 5.74) is 3.15. The number of nitrogens with one attached hydrogen (secondary N) is 1. The van der Waals surface area contributed by atoms with Crippen molar-refractivity contribution in [2.75, 3.05) is 6.54 Å². The molecule has 0 saturated heterocycles. The molecule has 1 aromatic carbocycles. The van der Waals surface area contributed by atoms with Crippen LogP contribution in [0, 0.1) is 12.7 Å². The highest BCUT2D eigenvalue weighted by Gasteiger charge is 2.14. The summed E-state index contributed by atoms with van der Waals surface area (Å²) >= 11 is 0. The van der Waals surface area contributed by atoms with E-state index in [1.54, 1.807) is 12.3 Å². The lowest BCUT2D eigenvalue weighted by Crippen LogP contribution is -2.25. The second-order valence-electron chi connectivity index (χ2n) is 5.04. The maximum atomic E-state index is 13.4. The maximum Gasteiger partial charge on any atom is 0.123 e. The standard InChI is InChI=1S/C17H21FN2/c1-3-9-19-17(16-6-4-5-10-20-16)12-14-11-15(18)8-7-13(14)2/h4-8,10-11,17,19H,3,9,12H2,1-2H3. The number of aromatic nitrogens is 1. The zero-order chi connectivity index (χ0) is 14.4. The molecule has 0 saturated carbocycles. The van der Waals surface area contributed by atoms with Gasteiger partial charge in [-0.25, -0.2) is 4.39 Å². The molecule has 0 spiro atoms. The second-order valence-corrected chi connectivity index (χ2v) is 5.04. The van der Waals surface area contributed by atoms with Crippen molar-refractivity contribution in [2.45, 2.75) is 32.7 Å². The molecule has 0 radical (unpaired) electrons. The Morgan fingerprint density at radius 1 is 1.25 bits per heavy atom. The van der Waals surface area contributed by atoms with Gasteiger partial charge in [0, 0.05) is 6.20 Å². The molecule has 0 aliphatic carbocycles. The van der Waals surface area contributed by atoms with Crippen LogP contribution in [0.4, 0.5) is 4.39 Å². The van der Waals surface area contributed by atoms with E-state index in [-0.39, 0.29) is 11.9 Å². The van der Waals surface area contributed by atoms with Gasteiger partial charge in [0.25, 0.3) is 0 Å². The van der Waals surface area contributed by atoms with Crippen molar-refractivity contribution in [1.29, 1.82) is 0 Å². The average Bonchev–Trinajstić information content (AvgIpc) is 2.48. The van der Waals surface area contributed by atoms with Gasteiger partial charge in [-0.15, -0.1) is 0 Å². The molecule has 1 heterocycles. The number of hydrogen-bond donors (Lipinski definition) is 1. The van der Waals surface area contributed by atoms with Gasteiger partial charge >= 0.3 is 0 Å². The van der Waals surface area contributed by atoms with Crippen molar-refractivity contribution in [3.05, 3.63) is 65.2 Å². The first-order valence-corrected chi connectivity index (χ1v) is 7.10. The van der Waals surface area contributed by atoms with E-state index in [2.05, 4.69) is 17.2 Å². The Kier molecular flexibility index (Phi) is 5.24. The molecule has 3 heteroatoms. The van der Waals surface area contributed by atoms with Gasteiger partial charge in [0.15, 0.2) is 0 Å². The number of aryl methyl sites for hydroxylation is 1. The van der Waals surface area contributed by atoms with E-state index in [0.29, 0.717) is 0 Å². The Morgan fingerprint density at radius 3 is 2.80 bits per heavy atom. The van der Waals surface area contributed by atoms with Crippen LogP contribution < -0.4 is 5.32 Å². The minimum absolute atomic E-state index is 0.122. The molecule has 1 unspecified atom stereocenters. The van der Waals surface area contributed by atoms with Crippen LogP contribution >= 0.6 is 0 Å². The lowest BCUT2D eigenvalue weighted by molar-refractivity contribution is 0.515. The van der Waals surface area contributed by atoms with Gasteiger partial charge in [-0.3, -0.25) is 4.98 Å². The third kappa shape index (κ3) is 3.87. The van der Waals surface area contributed by atoms with Crippen LogP contribution in [0.15, 0.2) is 42.6 Å². The summed E-state index contributed by atoms with van der Waals surface area (Å²) in [7, 11) is 0. The fraction of sp³-hybridized carbons (Fsp3) is 0.353. The lowest BCUT2D eigenvalue weighted by atomic mass is 9.98. The number of halogens is 1. The quantitative estimate of drug-likeness (QED) is 0.865. The molecule has 20 heavy (non-hydrogen) atoms. The summed E-state index contributed by atoms with van der Waals surface area (Å²) in [5.74, 6) is -0.180. The first-order chi connectivity index (χ1) is 9.70. The molecule has 0 fully saturated rings. The third-order valence-electron chi connectivity index (χ3n) is 3.42. The SMILES string of the molecule is CCCNC(Cc1cc(F)ccc1C)c1ccccn1. The van der Waals surface area contributed by atoms with Crippen LogP contribution in [-0.2, 0) is 6.42 Å². The Balaban J connectivity index is 2.21. The largest absolute Gasteiger partial charge is 0.308 e. The predicted octanol–water partition coefficient (Wildman–Crippen LogP) is 3.81. The normalized spacial score (nSPS) is 12.3. The second kappa shape index (κ2) is 7.15. The first kappa shape index (κ1) is 14.7. The highest BCUT2D eigenvalue weighted by Crippen LogP contribution is 2.20. The van der Waals surface area contributed by atoms with E-state index >= 15 is 0 Å². The van der Waals surface area contributed by atoms with Crippen molar-refractivity contribution in [2.24, 2.45) is 0 Å². The van der Waals surface area contributed by atoms with Crippen molar-refractivity contribution in [3.8, 4) is 0 Å². The Hall–Kier alpha value is -1.74. The summed E-state index contributed by atoms with van der Waals surface area (Å²) < 4.78 is 13.4. The molecule has 0 aliphatic heterocycles. The van der Waals surface area contributed by atoms with Gasteiger partial charge in [-0.1, -0.05) is 19.1 Å². The number of rotatable bonds is 6. The van der Waals surface area contributed by atoms with E-state index in [0.717, 1.165) is 36.2 Å². The van der Waals surface area contributed by atoms with Crippen molar-refractivity contribution in [3.63, 3.8) is 0 Å². The van der Waals surface area contributed by atoms with Gasteiger partial charge < -0.3 is 5.32 Å². The zero-order valence-electron chi connectivity index (χ0n) is 12.1. The van der Waals surface area contributed by atoms with Crippen molar-refractivity contribution in [1.82, 2.24) is 10.3 Å². The zero-order valence-corrected chi connectivity index (χ0v) is 12.1. The van der Waals surface area contributed by atoms with E-state index in [9.17, 15) is 4.39 Å². The molecule has 0 aliphatic rings. The molecule has 2 nitrogen and oxygen atoms in total. The molecule has 2 aromatic rings. The number of benzene rings is 1. The van der Waals surface area contributed by atoms with Crippen LogP contribution in [0.25, 0.3) is 0 Å². The molecule has 0 amide bonds. The molecule has 1 aromatic heterocycles. The van der Waals surface area contributed by atoms with Crippen LogP contribution in [0.1, 0.15) is 36.2 Å². The van der Waals surface area contributed by atoms with E-state index in [4.69, 9.17) is 0 Å². The monoisotopic (exact) mass is 272 g/mol. The molecule has 1 N–H and O–H groups in total. The summed E-state index contributed by atoms with van der Waals surface area (Å²) in [4.78, 5) is 4.42. The summed E-state index contributed by atoms with van der Waals surface area (Å²) in [5, 5.41) is 3.50. The molecule has 106 valence electrons. The van der Waals surface area contributed by atoms with Crippen LogP contribution in [0.3, 0.4) is 0 Å². The van der Waals surface area contributed by atoms with Gasteiger partial charge in [-0.2, -0.15) is 0 Å². The van der Waals surface area contributed by atoms with Crippen molar-refractivity contribution >= 4 is 0 Å². The maximum absolute atomic E-state index is 13.4. The molecule has 0 bridgehead atoms. The van der Waals surface area contributed by atoms with Gasteiger partial charge in [0.2, 0.25) is 0 Å². The third-order valence-corrected chi connectivity index (χ3v) is 3.42. The minimum Gasteiger partial charge on any atom is -0.308 e. The number of hydrogen-bond acceptors (Lipinski definition) is 2. The average molecular weight is 272 g/mol. The van der Waals surface area contributed by atoms with E-state index in [1.165, 1.54) is 6.07 Å². The fourth-order valence-corrected chi connectivity index (χ4v) is 2.26. The Morgan fingerprint density at radius 2 is 2.10 bits per heavy atom. The summed E-state index contributed by atoms with van der Waals surface area (Å²) in [6, 6.07) is 11.0. The van der Waals surface area contributed by atoms with E-state index in [1.807, 2.05) is 31.2 Å². The summed E-state index contributed by atoms with van der Waals surface area (Å²) in [6.45, 7) is 5.08. The fourth-order valence-electron chi connectivity index (χ4n) is 2.26. The molecule has 2 rings (SSSR count). The Labute approximate surface area is 120 Å². The molecular formula is C17H21FN2. The first-order valence-electron chi connectivity index (χ1n) is 7.10. The predicted molar refractivity (Wildman–Crippen MR) is 80.1 cm³/mol.